The van der Waals surface area contributed by atoms with Gasteiger partial charge in [0.15, 0.2) is 12.2 Å². The van der Waals surface area contributed by atoms with Crippen LogP contribution in [0.2, 0.25) is 0 Å². The van der Waals surface area contributed by atoms with Crippen LogP contribution in [0.25, 0.3) is 0 Å². The van der Waals surface area contributed by atoms with E-state index in [1.54, 1.807) is 45.0 Å². The molecule has 0 radical (unpaired) electrons. The first-order chi connectivity index (χ1) is 13.3. The van der Waals surface area contributed by atoms with Crippen molar-refractivity contribution in [2.45, 2.75) is 51.8 Å². The minimum absolute atomic E-state index is 0.00938. The summed E-state index contributed by atoms with van der Waals surface area (Å²) in [4.78, 5) is 24.8. The molecule has 2 aromatic rings. The molecular weight excluding hydrogens is 360 g/mol. The zero-order valence-electron chi connectivity index (χ0n) is 16.3. The fourth-order valence-corrected chi connectivity index (χ4v) is 2.37. The average molecular weight is 386 g/mol. The third kappa shape index (κ3) is 7.13. The molecule has 0 heterocycles. The van der Waals surface area contributed by atoms with Crippen LogP contribution in [0.4, 0.5) is 0 Å². The third-order valence-electron chi connectivity index (χ3n) is 3.69. The van der Waals surface area contributed by atoms with E-state index in [9.17, 15) is 14.7 Å². The number of aliphatic hydroxyl groups is 1. The van der Waals surface area contributed by atoms with Crippen LogP contribution in [-0.4, -0.2) is 34.9 Å². The van der Waals surface area contributed by atoms with E-state index in [0.717, 1.165) is 11.1 Å². The van der Waals surface area contributed by atoms with E-state index in [0.29, 0.717) is 0 Å². The number of hydrogen-bond donors (Lipinski definition) is 1. The number of carbonyl (C=O) groups excluding carboxylic acids is 2. The van der Waals surface area contributed by atoms with Gasteiger partial charge in [-0.1, -0.05) is 60.7 Å². The summed E-state index contributed by atoms with van der Waals surface area (Å²) in [5.74, 6) is -1.78. The number of ether oxygens (including phenoxy) is 3. The number of aliphatic hydroxyl groups excluding tert-OH is 1. The predicted octanol–water partition coefficient (Wildman–Crippen LogP) is 3.02. The first-order valence-corrected chi connectivity index (χ1v) is 9.03. The van der Waals surface area contributed by atoms with Crippen LogP contribution in [0.5, 0.6) is 0 Å². The lowest BCUT2D eigenvalue weighted by Gasteiger charge is -2.28. The van der Waals surface area contributed by atoms with Gasteiger partial charge in [0, 0.05) is 0 Å². The van der Waals surface area contributed by atoms with Crippen molar-refractivity contribution in [3.63, 3.8) is 0 Å². The third-order valence-corrected chi connectivity index (χ3v) is 3.69. The molecule has 150 valence electrons. The standard InChI is InChI=1S/C22H26O6/c1-22(2,3)28-19(21(25)27-15-17-12-8-5-9-13-17)18(23)20(24)26-14-16-10-6-4-7-11-16/h4-13,18-19,23H,14-15H2,1-3H3. The molecule has 6 nitrogen and oxygen atoms in total. The van der Waals surface area contributed by atoms with Crippen molar-refractivity contribution >= 4 is 11.9 Å². The lowest BCUT2D eigenvalue weighted by atomic mass is 10.1. The number of carbonyl (C=O) groups is 2. The second-order valence-corrected chi connectivity index (χ2v) is 7.28. The van der Waals surface area contributed by atoms with Gasteiger partial charge in [0.1, 0.15) is 13.2 Å². The molecule has 0 aliphatic rings. The molecule has 0 aliphatic carbocycles. The Labute approximate surface area is 165 Å². The predicted molar refractivity (Wildman–Crippen MR) is 103 cm³/mol. The molecule has 0 aromatic heterocycles. The van der Waals surface area contributed by atoms with E-state index in [1.807, 2.05) is 36.4 Å². The maximum Gasteiger partial charge on any atom is 0.339 e. The van der Waals surface area contributed by atoms with Gasteiger partial charge < -0.3 is 19.3 Å². The molecule has 0 saturated heterocycles. The molecule has 1 N–H and O–H groups in total. The molecule has 0 spiro atoms. The smallest absolute Gasteiger partial charge is 0.339 e. The Morgan fingerprint density at radius 2 is 1.25 bits per heavy atom. The van der Waals surface area contributed by atoms with Gasteiger partial charge in [-0.2, -0.15) is 0 Å². The molecule has 2 rings (SSSR count). The topological polar surface area (TPSA) is 82.1 Å². The highest BCUT2D eigenvalue weighted by molar-refractivity contribution is 5.85. The Kier molecular flexibility index (Phi) is 7.72. The van der Waals surface area contributed by atoms with Crippen LogP contribution in [0.3, 0.4) is 0 Å². The molecular formula is C22H26O6. The molecule has 0 aliphatic heterocycles. The maximum atomic E-state index is 12.5. The zero-order valence-corrected chi connectivity index (χ0v) is 16.3. The van der Waals surface area contributed by atoms with Crippen molar-refractivity contribution in [1.82, 2.24) is 0 Å². The zero-order chi connectivity index (χ0) is 20.6. The molecule has 28 heavy (non-hydrogen) atoms. The van der Waals surface area contributed by atoms with Gasteiger partial charge in [-0.25, -0.2) is 9.59 Å². The first-order valence-electron chi connectivity index (χ1n) is 9.03. The summed E-state index contributed by atoms with van der Waals surface area (Å²) in [5, 5.41) is 10.4. The second-order valence-electron chi connectivity index (χ2n) is 7.28. The maximum absolute atomic E-state index is 12.5. The first kappa shape index (κ1) is 21.6. The Balaban J connectivity index is 2.01. The largest absolute Gasteiger partial charge is 0.459 e. The van der Waals surface area contributed by atoms with Crippen LogP contribution < -0.4 is 0 Å². The van der Waals surface area contributed by atoms with Crippen LogP contribution >= 0.6 is 0 Å². The average Bonchev–Trinajstić information content (AvgIpc) is 2.68. The Bertz CT molecular complexity index is 752. The quantitative estimate of drug-likeness (QED) is 0.703. The Hall–Kier alpha value is -2.70. The molecule has 2 atom stereocenters. The molecule has 0 amide bonds. The minimum atomic E-state index is -1.80. The van der Waals surface area contributed by atoms with Gasteiger partial charge in [0.05, 0.1) is 5.60 Å². The van der Waals surface area contributed by atoms with E-state index in [4.69, 9.17) is 14.2 Å². The Morgan fingerprint density at radius 1 is 0.821 bits per heavy atom. The number of benzene rings is 2. The van der Waals surface area contributed by atoms with Crippen molar-refractivity contribution in [2.75, 3.05) is 0 Å². The van der Waals surface area contributed by atoms with Crippen LogP contribution in [-0.2, 0) is 37.0 Å². The summed E-state index contributed by atoms with van der Waals surface area (Å²) in [7, 11) is 0. The molecule has 0 saturated carbocycles. The number of rotatable bonds is 8. The van der Waals surface area contributed by atoms with Crippen molar-refractivity contribution in [1.29, 1.82) is 0 Å². The van der Waals surface area contributed by atoms with E-state index in [2.05, 4.69) is 0 Å². The molecule has 0 bridgehead atoms. The molecule has 2 aromatic carbocycles. The second kappa shape index (κ2) is 10.0. The van der Waals surface area contributed by atoms with Crippen LogP contribution in [0.1, 0.15) is 31.9 Å². The van der Waals surface area contributed by atoms with E-state index < -0.39 is 29.7 Å². The van der Waals surface area contributed by atoms with Crippen LogP contribution in [0.15, 0.2) is 60.7 Å². The fraction of sp³-hybridized carbons (Fsp3) is 0.364. The van der Waals surface area contributed by atoms with Crippen molar-refractivity contribution in [3.05, 3.63) is 71.8 Å². The Morgan fingerprint density at radius 3 is 1.68 bits per heavy atom. The van der Waals surface area contributed by atoms with E-state index in [-0.39, 0.29) is 13.2 Å². The van der Waals surface area contributed by atoms with E-state index >= 15 is 0 Å². The molecule has 6 heteroatoms. The monoisotopic (exact) mass is 386 g/mol. The normalized spacial score (nSPS) is 13.4. The SMILES string of the molecule is CC(C)(C)OC(C(=O)OCc1ccccc1)C(O)C(=O)OCc1ccccc1. The van der Waals surface area contributed by atoms with Crippen molar-refractivity contribution in [3.8, 4) is 0 Å². The summed E-state index contributed by atoms with van der Waals surface area (Å²) in [5.41, 5.74) is 0.770. The highest BCUT2D eigenvalue weighted by Crippen LogP contribution is 2.17. The lowest BCUT2D eigenvalue weighted by Crippen LogP contribution is -2.47. The molecule has 2 unspecified atom stereocenters. The van der Waals surface area contributed by atoms with Crippen molar-refractivity contribution in [2.24, 2.45) is 0 Å². The van der Waals surface area contributed by atoms with Gasteiger partial charge in [0.2, 0.25) is 0 Å². The lowest BCUT2D eigenvalue weighted by molar-refractivity contribution is -0.190. The minimum Gasteiger partial charge on any atom is -0.459 e. The van der Waals surface area contributed by atoms with Gasteiger partial charge in [-0.05, 0) is 31.9 Å². The highest BCUT2D eigenvalue weighted by atomic mass is 16.6. The summed E-state index contributed by atoms with van der Waals surface area (Å²) in [6.45, 7) is 5.14. The molecule has 0 fully saturated rings. The summed E-state index contributed by atoms with van der Waals surface area (Å²) in [6, 6.07) is 18.1. The summed E-state index contributed by atoms with van der Waals surface area (Å²) < 4.78 is 16.0. The van der Waals surface area contributed by atoms with Gasteiger partial charge in [-0.15, -0.1) is 0 Å². The van der Waals surface area contributed by atoms with Crippen LogP contribution in [0, 0.1) is 0 Å². The fourth-order valence-electron chi connectivity index (χ4n) is 2.37. The van der Waals surface area contributed by atoms with Gasteiger partial charge in [0.25, 0.3) is 0 Å². The highest BCUT2D eigenvalue weighted by Gasteiger charge is 2.38. The number of esters is 2. The van der Waals surface area contributed by atoms with Gasteiger partial charge >= 0.3 is 11.9 Å². The summed E-state index contributed by atoms with van der Waals surface area (Å²) >= 11 is 0. The van der Waals surface area contributed by atoms with Crippen molar-refractivity contribution < 1.29 is 28.9 Å². The summed E-state index contributed by atoms with van der Waals surface area (Å²) in [6.07, 6.45) is -3.29. The van der Waals surface area contributed by atoms with Gasteiger partial charge in [-0.3, -0.25) is 0 Å². The van der Waals surface area contributed by atoms with E-state index in [1.165, 1.54) is 0 Å². The number of hydrogen-bond acceptors (Lipinski definition) is 6.